The minimum absolute atomic E-state index is 0.527. The first-order valence-corrected chi connectivity index (χ1v) is 7.31. The smallest absolute Gasteiger partial charge is 0.148 e. The maximum atomic E-state index is 6.45. The van der Waals surface area contributed by atoms with Crippen LogP contribution < -0.4 is 14.8 Å². The Labute approximate surface area is 130 Å². The van der Waals surface area contributed by atoms with Gasteiger partial charge in [0.1, 0.15) is 17.0 Å². The molecule has 114 valence electrons. The van der Waals surface area contributed by atoms with Crippen LogP contribution in [0.1, 0.15) is 19.5 Å². The molecule has 1 aromatic heterocycles. The van der Waals surface area contributed by atoms with Crippen LogP contribution in [0.4, 0.5) is 5.69 Å². The van der Waals surface area contributed by atoms with Crippen molar-refractivity contribution in [2.45, 2.75) is 20.3 Å². The first kappa shape index (κ1) is 15.7. The van der Waals surface area contributed by atoms with E-state index in [0.29, 0.717) is 22.4 Å². The van der Waals surface area contributed by atoms with Gasteiger partial charge in [-0.25, -0.2) is 4.98 Å². The fourth-order valence-corrected chi connectivity index (χ4v) is 2.72. The normalized spacial score (nSPS) is 11.0. The molecule has 21 heavy (non-hydrogen) atoms. The molecule has 0 unspecified atom stereocenters. The van der Waals surface area contributed by atoms with E-state index < -0.39 is 0 Å². The highest BCUT2D eigenvalue weighted by atomic mass is 35.5. The van der Waals surface area contributed by atoms with Gasteiger partial charge in [-0.05, 0) is 18.4 Å². The lowest BCUT2D eigenvalue weighted by molar-refractivity contribution is 0.397. The quantitative estimate of drug-likeness (QED) is 0.901. The molecule has 5 heteroatoms. The van der Waals surface area contributed by atoms with Gasteiger partial charge in [-0.3, -0.25) is 0 Å². The molecule has 0 saturated heterocycles. The molecule has 0 bridgehead atoms. The van der Waals surface area contributed by atoms with Gasteiger partial charge in [0.05, 0.1) is 19.2 Å². The zero-order valence-electron chi connectivity index (χ0n) is 13.1. The lowest BCUT2D eigenvalue weighted by Gasteiger charge is -2.16. The largest absolute Gasteiger partial charge is 0.495 e. The molecule has 0 amide bonds. The van der Waals surface area contributed by atoms with Crippen molar-refractivity contribution in [3.8, 4) is 11.5 Å². The fourth-order valence-electron chi connectivity index (χ4n) is 2.40. The van der Waals surface area contributed by atoms with Crippen molar-refractivity contribution in [3.63, 3.8) is 0 Å². The fraction of sp³-hybridized carbons (Fsp3) is 0.438. The molecule has 0 aliphatic heterocycles. The third-order valence-electron chi connectivity index (χ3n) is 3.33. The van der Waals surface area contributed by atoms with E-state index in [1.807, 2.05) is 13.1 Å². The van der Waals surface area contributed by atoms with E-state index in [1.54, 1.807) is 20.3 Å². The summed E-state index contributed by atoms with van der Waals surface area (Å²) in [4.78, 5) is 4.73. The number of halogens is 1. The van der Waals surface area contributed by atoms with Crippen molar-refractivity contribution < 1.29 is 9.47 Å². The van der Waals surface area contributed by atoms with Gasteiger partial charge in [-0.1, -0.05) is 25.4 Å². The average Bonchev–Trinajstić information content (AvgIpc) is 2.46. The van der Waals surface area contributed by atoms with Crippen LogP contribution in [0.25, 0.3) is 10.9 Å². The van der Waals surface area contributed by atoms with Gasteiger partial charge >= 0.3 is 0 Å². The molecular formula is C16H21ClN2O2. The Hall–Kier alpha value is -1.68. The van der Waals surface area contributed by atoms with Crippen LogP contribution in [0, 0.1) is 5.92 Å². The summed E-state index contributed by atoms with van der Waals surface area (Å²) in [5, 5.41) is 4.56. The van der Waals surface area contributed by atoms with Gasteiger partial charge in [-0.15, -0.1) is 0 Å². The van der Waals surface area contributed by atoms with Crippen LogP contribution in [0.3, 0.4) is 0 Å². The lowest BCUT2D eigenvalue weighted by Crippen LogP contribution is -2.02. The molecule has 0 aliphatic rings. The number of pyridine rings is 1. The summed E-state index contributed by atoms with van der Waals surface area (Å²) in [6.07, 6.45) is 0.900. The Kier molecular flexibility index (Phi) is 4.78. The Bertz CT molecular complexity index is 657. The van der Waals surface area contributed by atoms with E-state index in [4.69, 9.17) is 26.1 Å². The zero-order valence-corrected chi connectivity index (χ0v) is 13.8. The summed E-state index contributed by atoms with van der Waals surface area (Å²) in [5.74, 6) is 1.77. The third kappa shape index (κ3) is 3.00. The Morgan fingerprint density at radius 3 is 2.38 bits per heavy atom. The number of nitrogens with one attached hydrogen (secondary N) is 1. The number of aromatic nitrogens is 1. The topological polar surface area (TPSA) is 43.4 Å². The summed E-state index contributed by atoms with van der Waals surface area (Å²) in [6, 6.07) is 3.81. The monoisotopic (exact) mass is 308 g/mol. The van der Waals surface area contributed by atoms with Gasteiger partial charge in [0.15, 0.2) is 0 Å². The number of hydrogen-bond donors (Lipinski definition) is 1. The van der Waals surface area contributed by atoms with Gasteiger partial charge in [0, 0.05) is 29.9 Å². The third-order valence-corrected chi connectivity index (χ3v) is 3.71. The summed E-state index contributed by atoms with van der Waals surface area (Å²) < 4.78 is 10.8. The second-order valence-electron chi connectivity index (χ2n) is 5.33. The molecule has 2 aromatic rings. The standard InChI is InChI=1S/C16H21ClN2O2/c1-9(2)6-10-7-11(18-3)14-15(17)12(20-4)8-13(21-5)16(14)19-10/h7-9H,6H2,1-5H3,(H,18,19). The SMILES string of the molecule is CNc1cc(CC(C)C)nc2c(OC)cc(OC)c(Cl)c12. The molecule has 0 atom stereocenters. The van der Waals surface area contributed by atoms with E-state index in [0.717, 1.165) is 28.7 Å². The Balaban J connectivity index is 2.79. The number of fused-ring (bicyclic) bond motifs is 1. The number of ether oxygens (including phenoxy) is 2. The van der Waals surface area contributed by atoms with E-state index in [9.17, 15) is 0 Å². The van der Waals surface area contributed by atoms with E-state index in [-0.39, 0.29) is 0 Å². The van der Waals surface area contributed by atoms with Crippen LogP contribution in [0.15, 0.2) is 12.1 Å². The summed E-state index contributed by atoms with van der Waals surface area (Å²) >= 11 is 6.45. The minimum atomic E-state index is 0.527. The minimum Gasteiger partial charge on any atom is -0.495 e. The first-order valence-electron chi connectivity index (χ1n) is 6.93. The van der Waals surface area contributed by atoms with Crippen molar-refractivity contribution in [2.75, 3.05) is 26.6 Å². The zero-order chi connectivity index (χ0) is 15.6. The predicted octanol–water partition coefficient (Wildman–Crippen LogP) is 4.15. The van der Waals surface area contributed by atoms with Gasteiger partial charge in [0.2, 0.25) is 0 Å². The van der Waals surface area contributed by atoms with Crippen LogP contribution in [0.2, 0.25) is 5.02 Å². The van der Waals surface area contributed by atoms with E-state index in [1.165, 1.54) is 0 Å². The van der Waals surface area contributed by atoms with Gasteiger partial charge < -0.3 is 14.8 Å². The van der Waals surface area contributed by atoms with E-state index in [2.05, 4.69) is 19.2 Å². The maximum absolute atomic E-state index is 6.45. The Morgan fingerprint density at radius 1 is 1.19 bits per heavy atom. The highest BCUT2D eigenvalue weighted by Crippen LogP contribution is 2.42. The second kappa shape index (κ2) is 6.39. The molecule has 0 fully saturated rings. The Morgan fingerprint density at radius 2 is 1.86 bits per heavy atom. The lowest BCUT2D eigenvalue weighted by atomic mass is 10.0. The van der Waals surface area contributed by atoms with Crippen LogP contribution in [0.5, 0.6) is 11.5 Å². The van der Waals surface area contributed by atoms with Crippen molar-refractivity contribution in [1.82, 2.24) is 4.98 Å². The number of rotatable bonds is 5. The number of nitrogens with zero attached hydrogens (tertiary/aromatic N) is 1. The number of hydrogen-bond acceptors (Lipinski definition) is 4. The summed E-state index contributed by atoms with van der Waals surface area (Å²) in [5.41, 5.74) is 2.70. The molecule has 4 nitrogen and oxygen atoms in total. The maximum Gasteiger partial charge on any atom is 0.148 e. The van der Waals surface area contributed by atoms with Gasteiger partial charge in [-0.2, -0.15) is 0 Å². The summed E-state index contributed by atoms with van der Waals surface area (Å²) in [6.45, 7) is 4.34. The summed E-state index contributed by atoms with van der Waals surface area (Å²) in [7, 11) is 5.08. The highest BCUT2D eigenvalue weighted by molar-refractivity contribution is 6.38. The molecule has 0 spiro atoms. The van der Waals surface area contributed by atoms with Crippen molar-refractivity contribution >= 4 is 28.2 Å². The van der Waals surface area contributed by atoms with Crippen molar-refractivity contribution in [1.29, 1.82) is 0 Å². The van der Waals surface area contributed by atoms with Crippen LogP contribution in [-0.2, 0) is 6.42 Å². The molecular weight excluding hydrogens is 288 g/mol. The van der Waals surface area contributed by atoms with Crippen LogP contribution >= 0.6 is 11.6 Å². The van der Waals surface area contributed by atoms with Crippen molar-refractivity contribution in [2.24, 2.45) is 5.92 Å². The molecule has 1 aromatic carbocycles. The molecule has 2 rings (SSSR count). The average molecular weight is 309 g/mol. The predicted molar refractivity (Wildman–Crippen MR) is 87.9 cm³/mol. The van der Waals surface area contributed by atoms with Gasteiger partial charge in [0.25, 0.3) is 0 Å². The van der Waals surface area contributed by atoms with Crippen molar-refractivity contribution in [3.05, 3.63) is 22.8 Å². The molecule has 1 heterocycles. The number of anilines is 1. The highest BCUT2D eigenvalue weighted by Gasteiger charge is 2.17. The molecule has 0 radical (unpaired) electrons. The molecule has 0 aliphatic carbocycles. The second-order valence-corrected chi connectivity index (χ2v) is 5.71. The van der Waals surface area contributed by atoms with E-state index >= 15 is 0 Å². The number of benzene rings is 1. The first-order chi connectivity index (χ1) is 10.0. The molecule has 0 saturated carbocycles. The molecule has 1 N–H and O–H groups in total. The van der Waals surface area contributed by atoms with Crippen LogP contribution in [-0.4, -0.2) is 26.3 Å². The number of methoxy groups -OCH3 is 2.